The molecule has 5 nitrogen and oxygen atoms in total. The predicted octanol–water partition coefficient (Wildman–Crippen LogP) is 3.11. The van der Waals surface area contributed by atoms with E-state index in [9.17, 15) is 13.5 Å². The van der Waals surface area contributed by atoms with E-state index in [1.807, 2.05) is 6.07 Å². The lowest BCUT2D eigenvalue weighted by molar-refractivity contribution is 0.475. The van der Waals surface area contributed by atoms with E-state index in [1.165, 1.54) is 6.26 Å². The molecule has 3 N–H and O–H groups in total. The van der Waals surface area contributed by atoms with Crippen molar-refractivity contribution in [3.63, 3.8) is 0 Å². The van der Waals surface area contributed by atoms with Crippen molar-refractivity contribution in [2.75, 3.05) is 12.0 Å². The van der Waals surface area contributed by atoms with E-state index in [2.05, 4.69) is 4.98 Å². The highest BCUT2D eigenvalue weighted by Crippen LogP contribution is 2.30. The lowest BCUT2D eigenvalue weighted by Gasteiger charge is -2.09. The number of hydrogen-bond donors (Lipinski definition) is 2. The lowest BCUT2D eigenvalue weighted by atomic mass is 10.0. The Balaban J connectivity index is 2.04. The molecule has 0 saturated heterocycles. The summed E-state index contributed by atoms with van der Waals surface area (Å²) >= 11 is 0. The standard InChI is InChI=1S/C18H16N2O3S/c1-24(22,23)16-8-4-12(5-9-16)14-10-17(18(19)20-11-14)13-2-6-15(21)7-3-13/h2-11,21H,1H3,(H2,19,20). The third-order valence-electron chi connectivity index (χ3n) is 3.71. The number of phenols is 1. The maximum atomic E-state index is 11.5. The Hall–Kier alpha value is -2.86. The maximum absolute atomic E-state index is 11.5. The molecule has 0 bridgehead atoms. The summed E-state index contributed by atoms with van der Waals surface area (Å²) in [7, 11) is -3.22. The van der Waals surface area contributed by atoms with E-state index in [4.69, 9.17) is 5.73 Å². The average molecular weight is 340 g/mol. The van der Waals surface area contributed by atoms with Gasteiger partial charge in [-0.1, -0.05) is 24.3 Å². The fraction of sp³-hybridized carbons (Fsp3) is 0.0556. The predicted molar refractivity (Wildman–Crippen MR) is 94.3 cm³/mol. The maximum Gasteiger partial charge on any atom is 0.175 e. The molecular weight excluding hydrogens is 324 g/mol. The normalized spacial score (nSPS) is 11.4. The van der Waals surface area contributed by atoms with Crippen LogP contribution in [-0.4, -0.2) is 24.8 Å². The van der Waals surface area contributed by atoms with Crippen molar-refractivity contribution in [3.05, 3.63) is 60.8 Å². The largest absolute Gasteiger partial charge is 0.508 e. The number of pyridine rings is 1. The van der Waals surface area contributed by atoms with Crippen LogP contribution in [0, 0.1) is 0 Å². The zero-order valence-electron chi connectivity index (χ0n) is 13.0. The van der Waals surface area contributed by atoms with Crippen LogP contribution in [0.1, 0.15) is 0 Å². The van der Waals surface area contributed by atoms with Crippen LogP contribution >= 0.6 is 0 Å². The third kappa shape index (κ3) is 3.23. The van der Waals surface area contributed by atoms with Crippen LogP contribution in [-0.2, 0) is 9.84 Å². The number of benzene rings is 2. The SMILES string of the molecule is CS(=O)(=O)c1ccc(-c2cnc(N)c(-c3ccc(O)cc3)c2)cc1. The van der Waals surface area contributed by atoms with Crippen LogP contribution in [0.25, 0.3) is 22.3 Å². The number of aromatic hydroxyl groups is 1. The Bertz CT molecular complexity index is 980. The molecule has 0 radical (unpaired) electrons. The number of anilines is 1. The average Bonchev–Trinajstić information content (AvgIpc) is 2.56. The molecule has 0 aliphatic rings. The smallest absolute Gasteiger partial charge is 0.175 e. The van der Waals surface area contributed by atoms with Crippen molar-refractivity contribution in [3.8, 4) is 28.0 Å². The number of rotatable bonds is 3. The Morgan fingerprint density at radius 1 is 0.917 bits per heavy atom. The molecule has 0 spiro atoms. The van der Waals surface area contributed by atoms with Crippen LogP contribution in [0.5, 0.6) is 5.75 Å². The second kappa shape index (κ2) is 5.98. The molecule has 0 fully saturated rings. The van der Waals surface area contributed by atoms with Crippen molar-refractivity contribution in [1.82, 2.24) is 4.98 Å². The summed E-state index contributed by atoms with van der Waals surface area (Å²) in [5.41, 5.74) is 9.22. The molecular formula is C18H16N2O3S. The van der Waals surface area contributed by atoms with Gasteiger partial charge >= 0.3 is 0 Å². The number of phenolic OH excluding ortho intramolecular Hbond substituents is 1. The van der Waals surface area contributed by atoms with Crippen LogP contribution in [0.2, 0.25) is 0 Å². The first kappa shape index (κ1) is 16.0. The van der Waals surface area contributed by atoms with Gasteiger partial charge in [0.25, 0.3) is 0 Å². The number of aromatic nitrogens is 1. The van der Waals surface area contributed by atoms with Gasteiger partial charge in [-0.3, -0.25) is 0 Å². The van der Waals surface area contributed by atoms with Gasteiger partial charge in [0.05, 0.1) is 4.90 Å². The molecule has 0 amide bonds. The minimum Gasteiger partial charge on any atom is -0.508 e. The van der Waals surface area contributed by atoms with E-state index in [0.29, 0.717) is 5.82 Å². The number of nitrogens with two attached hydrogens (primary N) is 1. The van der Waals surface area contributed by atoms with Crippen molar-refractivity contribution in [2.24, 2.45) is 0 Å². The number of hydrogen-bond acceptors (Lipinski definition) is 5. The van der Waals surface area contributed by atoms with Gasteiger partial charge in [0.1, 0.15) is 11.6 Å². The molecule has 0 saturated carbocycles. The zero-order valence-corrected chi connectivity index (χ0v) is 13.8. The molecule has 122 valence electrons. The topological polar surface area (TPSA) is 93.3 Å². The Morgan fingerprint density at radius 3 is 2.08 bits per heavy atom. The highest BCUT2D eigenvalue weighted by atomic mass is 32.2. The first-order valence-corrected chi connectivity index (χ1v) is 9.09. The quantitative estimate of drug-likeness (QED) is 0.764. The minimum atomic E-state index is -3.22. The summed E-state index contributed by atoms with van der Waals surface area (Å²) < 4.78 is 23.1. The molecule has 0 aliphatic heterocycles. The van der Waals surface area contributed by atoms with Crippen LogP contribution in [0.15, 0.2) is 65.7 Å². The number of sulfone groups is 1. The van der Waals surface area contributed by atoms with Gasteiger partial charge in [-0.15, -0.1) is 0 Å². The summed E-state index contributed by atoms with van der Waals surface area (Å²) in [6.07, 6.45) is 2.82. The van der Waals surface area contributed by atoms with Crippen molar-refractivity contribution >= 4 is 15.7 Å². The fourth-order valence-corrected chi connectivity index (χ4v) is 3.03. The van der Waals surface area contributed by atoms with Gasteiger partial charge in [0.2, 0.25) is 0 Å². The van der Waals surface area contributed by atoms with E-state index in [1.54, 1.807) is 54.7 Å². The molecule has 0 atom stereocenters. The molecule has 1 heterocycles. The van der Waals surface area contributed by atoms with Crippen molar-refractivity contribution in [2.45, 2.75) is 4.90 Å². The summed E-state index contributed by atoms with van der Waals surface area (Å²) in [5.74, 6) is 0.565. The lowest BCUT2D eigenvalue weighted by Crippen LogP contribution is -1.97. The van der Waals surface area contributed by atoms with Crippen LogP contribution < -0.4 is 5.73 Å². The van der Waals surface area contributed by atoms with Crippen LogP contribution in [0.4, 0.5) is 5.82 Å². The Kier molecular flexibility index (Phi) is 3.99. The van der Waals surface area contributed by atoms with Gasteiger partial charge < -0.3 is 10.8 Å². The molecule has 0 unspecified atom stereocenters. The Morgan fingerprint density at radius 2 is 1.50 bits per heavy atom. The van der Waals surface area contributed by atoms with E-state index >= 15 is 0 Å². The van der Waals surface area contributed by atoms with E-state index in [-0.39, 0.29) is 10.6 Å². The molecule has 1 aromatic heterocycles. The monoisotopic (exact) mass is 340 g/mol. The van der Waals surface area contributed by atoms with Gasteiger partial charge in [-0.05, 0) is 41.5 Å². The third-order valence-corrected chi connectivity index (χ3v) is 4.84. The summed E-state index contributed by atoms with van der Waals surface area (Å²) in [6, 6.07) is 15.2. The molecule has 0 aliphatic carbocycles. The van der Waals surface area contributed by atoms with Gasteiger partial charge in [0.15, 0.2) is 9.84 Å². The molecule has 6 heteroatoms. The van der Waals surface area contributed by atoms with Crippen molar-refractivity contribution in [1.29, 1.82) is 0 Å². The van der Waals surface area contributed by atoms with Gasteiger partial charge in [0, 0.05) is 23.6 Å². The molecule has 24 heavy (non-hydrogen) atoms. The van der Waals surface area contributed by atoms with E-state index < -0.39 is 9.84 Å². The summed E-state index contributed by atoms with van der Waals surface area (Å²) in [4.78, 5) is 4.49. The first-order chi connectivity index (χ1) is 11.3. The highest BCUT2D eigenvalue weighted by molar-refractivity contribution is 7.90. The summed E-state index contributed by atoms with van der Waals surface area (Å²) in [5, 5.41) is 9.40. The van der Waals surface area contributed by atoms with Gasteiger partial charge in [-0.25, -0.2) is 13.4 Å². The highest BCUT2D eigenvalue weighted by Gasteiger charge is 2.10. The molecule has 2 aromatic carbocycles. The number of nitrogen functional groups attached to an aromatic ring is 1. The van der Waals surface area contributed by atoms with Gasteiger partial charge in [-0.2, -0.15) is 0 Å². The zero-order chi connectivity index (χ0) is 17.3. The summed E-state index contributed by atoms with van der Waals surface area (Å²) in [6.45, 7) is 0. The fourth-order valence-electron chi connectivity index (χ4n) is 2.40. The second-order valence-corrected chi connectivity index (χ2v) is 7.52. The second-order valence-electron chi connectivity index (χ2n) is 5.50. The van der Waals surface area contributed by atoms with Crippen LogP contribution in [0.3, 0.4) is 0 Å². The van der Waals surface area contributed by atoms with E-state index in [0.717, 1.165) is 22.3 Å². The first-order valence-electron chi connectivity index (χ1n) is 7.20. The Labute approximate surface area is 140 Å². The van der Waals surface area contributed by atoms with Crippen molar-refractivity contribution < 1.29 is 13.5 Å². The number of nitrogens with zero attached hydrogens (tertiary/aromatic N) is 1. The molecule has 3 aromatic rings. The minimum absolute atomic E-state index is 0.179. The molecule has 3 rings (SSSR count).